The molecule has 1 atom stereocenters. The van der Waals surface area contributed by atoms with Crippen molar-refractivity contribution >= 4 is 15.9 Å². The van der Waals surface area contributed by atoms with Crippen molar-refractivity contribution in [2.45, 2.75) is 19.4 Å². The van der Waals surface area contributed by atoms with Gasteiger partial charge in [-0.1, -0.05) is 22.9 Å². The molecule has 1 aromatic heterocycles. The maximum Gasteiger partial charge on any atom is 0.128 e. The second-order valence-corrected chi connectivity index (χ2v) is 5.38. The number of hydrogen-bond acceptors (Lipinski definition) is 2. The molecule has 1 unspecified atom stereocenters. The van der Waals surface area contributed by atoms with Crippen molar-refractivity contribution in [2.24, 2.45) is 7.05 Å². The third-order valence-electron chi connectivity index (χ3n) is 2.97. The number of nitrogens with one attached hydrogen (secondary N) is 1. The first kappa shape index (κ1) is 14.2. The molecule has 0 saturated heterocycles. The molecule has 1 N–H and O–H groups in total. The Labute approximate surface area is 121 Å². The third-order valence-corrected chi connectivity index (χ3v) is 3.46. The normalized spacial score (nSPS) is 12.6. The van der Waals surface area contributed by atoms with E-state index in [0.717, 1.165) is 16.7 Å². The van der Waals surface area contributed by atoms with Gasteiger partial charge in [0.25, 0.3) is 0 Å². The van der Waals surface area contributed by atoms with Crippen LogP contribution in [0.5, 0.6) is 0 Å². The maximum absolute atomic E-state index is 14.0. The highest BCUT2D eigenvalue weighted by atomic mass is 79.9. The molecule has 3 nitrogen and oxygen atoms in total. The van der Waals surface area contributed by atoms with Crippen molar-refractivity contribution in [3.63, 3.8) is 0 Å². The number of halogens is 2. The standard InChI is InChI=1S/C14H17BrFN3/c1-3-17-14(9-11-6-7-19(2)18-11)12-8-10(15)4-5-13(12)16/h4-8,14,17H,3,9H2,1-2H3. The molecule has 1 aromatic carbocycles. The topological polar surface area (TPSA) is 29.9 Å². The summed E-state index contributed by atoms with van der Waals surface area (Å²) in [5, 5.41) is 7.67. The molecule has 0 aliphatic carbocycles. The van der Waals surface area contributed by atoms with E-state index in [0.29, 0.717) is 12.0 Å². The van der Waals surface area contributed by atoms with Crippen molar-refractivity contribution in [1.82, 2.24) is 15.1 Å². The number of hydrogen-bond donors (Lipinski definition) is 1. The number of rotatable bonds is 5. The molecular formula is C14H17BrFN3. The van der Waals surface area contributed by atoms with Gasteiger partial charge in [0.1, 0.15) is 5.82 Å². The molecule has 1 heterocycles. The van der Waals surface area contributed by atoms with Crippen LogP contribution in [0.25, 0.3) is 0 Å². The highest BCUT2D eigenvalue weighted by molar-refractivity contribution is 9.10. The lowest BCUT2D eigenvalue weighted by Gasteiger charge is -2.18. The Balaban J connectivity index is 2.26. The summed E-state index contributed by atoms with van der Waals surface area (Å²) >= 11 is 3.39. The zero-order valence-electron chi connectivity index (χ0n) is 11.0. The first-order valence-corrected chi connectivity index (χ1v) is 7.06. The minimum Gasteiger partial charge on any atom is -0.310 e. The highest BCUT2D eigenvalue weighted by Crippen LogP contribution is 2.24. The van der Waals surface area contributed by atoms with E-state index in [4.69, 9.17) is 0 Å². The van der Waals surface area contributed by atoms with Crippen LogP contribution in [-0.2, 0) is 13.5 Å². The molecule has 0 radical (unpaired) electrons. The average molecular weight is 326 g/mol. The van der Waals surface area contributed by atoms with Gasteiger partial charge in [-0.15, -0.1) is 0 Å². The Bertz CT molecular complexity index is 553. The van der Waals surface area contributed by atoms with Gasteiger partial charge in [0.2, 0.25) is 0 Å². The predicted molar refractivity (Wildman–Crippen MR) is 77.4 cm³/mol. The summed E-state index contributed by atoms with van der Waals surface area (Å²) < 4.78 is 16.6. The molecule has 0 bridgehead atoms. The van der Waals surface area contributed by atoms with Gasteiger partial charge < -0.3 is 5.32 Å². The van der Waals surface area contributed by atoms with Gasteiger partial charge in [-0.25, -0.2) is 4.39 Å². The monoisotopic (exact) mass is 325 g/mol. The Morgan fingerprint density at radius 2 is 2.21 bits per heavy atom. The summed E-state index contributed by atoms with van der Waals surface area (Å²) in [5.74, 6) is -0.190. The molecule has 0 fully saturated rings. The first-order chi connectivity index (χ1) is 9.10. The van der Waals surface area contributed by atoms with E-state index in [1.54, 1.807) is 10.7 Å². The molecule has 2 rings (SSSR count). The molecule has 2 aromatic rings. The number of benzene rings is 1. The Kier molecular flexibility index (Phi) is 4.71. The van der Waals surface area contributed by atoms with Gasteiger partial charge >= 0.3 is 0 Å². The zero-order chi connectivity index (χ0) is 13.8. The van der Waals surface area contributed by atoms with Gasteiger partial charge in [-0.3, -0.25) is 4.68 Å². The van der Waals surface area contributed by atoms with Crippen LogP contribution in [0.1, 0.15) is 24.2 Å². The fourth-order valence-corrected chi connectivity index (χ4v) is 2.48. The first-order valence-electron chi connectivity index (χ1n) is 6.27. The van der Waals surface area contributed by atoms with Crippen molar-refractivity contribution in [3.05, 3.63) is 52.0 Å². The minimum absolute atomic E-state index is 0.0719. The van der Waals surface area contributed by atoms with Crippen LogP contribution >= 0.6 is 15.9 Å². The average Bonchev–Trinajstić information content (AvgIpc) is 2.77. The number of nitrogens with zero attached hydrogens (tertiary/aromatic N) is 2. The quantitative estimate of drug-likeness (QED) is 0.914. The van der Waals surface area contributed by atoms with E-state index in [2.05, 4.69) is 26.3 Å². The van der Waals surface area contributed by atoms with Gasteiger partial charge in [0.05, 0.1) is 5.69 Å². The van der Waals surface area contributed by atoms with E-state index < -0.39 is 0 Å². The van der Waals surface area contributed by atoms with E-state index >= 15 is 0 Å². The van der Waals surface area contributed by atoms with E-state index in [1.807, 2.05) is 32.3 Å². The summed E-state index contributed by atoms with van der Waals surface area (Å²) in [5.41, 5.74) is 1.62. The van der Waals surface area contributed by atoms with Crippen molar-refractivity contribution in [3.8, 4) is 0 Å². The van der Waals surface area contributed by atoms with Crippen LogP contribution < -0.4 is 5.32 Å². The molecule has 0 aliphatic heterocycles. The summed E-state index contributed by atoms with van der Waals surface area (Å²) in [7, 11) is 1.88. The summed E-state index contributed by atoms with van der Waals surface area (Å²) in [4.78, 5) is 0. The van der Waals surface area contributed by atoms with Crippen molar-refractivity contribution in [1.29, 1.82) is 0 Å². The summed E-state index contributed by atoms with van der Waals surface area (Å²) in [6.07, 6.45) is 2.57. The molecule has 0 amide bonds. The minimum atomic E-state index is -0.190. The number of aryl methyl sites for hydroxylation is 1. The number of aromatic nitrogens is 2. The van der Waals surface area contributed by atoms with E-state index in [-0.39, 0.29) is 11.9 Å². The summed E-state index contributed by atoms with van der Waals surface area (Å²) in [6, 6.07) is 6.91. The number of likely N-dealkylation sites (N-methyl/N-ethyl adjacent to an activating group) is 1. The van der Waals surface area contributed by atoms with Crippen LogP contribution in [0, 0.1) is 5.82 Å². The van der Waals surface area contributed by atoms with Crippen LogP contribution in [0.4, 0.5) is 4.39 Å². The zero-order valence-corrected chi connectivity index (χ0v) is 12.6. The van der Waals surface area contributed by atoms with E-state index in [9.17, 15) is 4.39 Å². The second kappa shape index (κ2) is 6.30. The summed E-state index contributed by atoms with van der Waals surface area (Å²) in [6.45, 7) is 2.80. The maximum atomic E-state index is 14.0. The van der Waals surface area contributed by atoms with Gasteiger partial charge in [-0.2, -0.15) is 5.10 Å². The Morgan fingerprint density at radius 3 is 2.84 bits per heavy atom. The van der Waals surface area contributed by atoms with Crippen LogP contribution in [0.3, 0.4) is 0 Å². The largest absolute Gasteiger partial charge is 0.310 e. The molecule has 0 aliphatic rings. The molecule has 5 heteroatoms. The lowest BCUT2D eigenvalue weighted by Crippen LogP contribution is -2.24. The van der Waals surface area contributed by atoms with Crippen molar-refractivity contribution < 1.29 is 4.39 Å². The van der Waals surface area contributed by atoms with Crippen LogP contribution in [0.2, 0.25) is 0 Å². The smallest absolute Gasteiger partial charge is 0.128 e. The van der Waals surface area contributed by atoms with Gasteiger partial charge in [0, 0.05) is 35.7 Å². The van der Waals surface area contributed by atoms with Gasteiger partial charge in [-0.05, 0) is 30.8 Å². The molecule has 19 heavy (non-hydrogen) atoms. The third kappa shape index (κ3) is 3.64. The fourth-order valence-electron chi connectivity index (χ4n) is 2.10. The molecule has 0 spiro atoms. The van der Waals surface area contributed by atoms with Gasteiger partial charge in [0.15, 0.2) is 0 Å². The highest BCUT2D eigenvalue weighted by Gasteiger charge is 2.17. The van der Waals surface area contributed by atoms with E-state index in [1.165, 1.54) is 6.07 Å². The van der Waals surface area contributed by atoms with Crippen LogP contribution in [0.15, 0.2) is 34.9 Å². The SMILES string of the molecule is CCNC(Cc1ccn(C)n1)c1cc(Br)ccc1F. The van der Waals surface area contributed by atoms with Crippen LogP contribution in [-0.4, -0.2) is 16.3 Å². The predicted octanol–water partition coefficient (Wildman–Crippen LogP) is 3.22. The molecule has 0 saturated carbocycles. The second-order valence-electron chi connectivity index (χ2n) is 4.46. The Morgan fingerprint density at radius 1 is 1.42 bits per heavy atom. The lowest BCUT2D eigenvalue weighted by atomic mass is 10.0. The Hall–Kier alpha value is -1.20. The van der Waals surface area contributed by atoms with Crippen molar-refractivity contribution in [2.75, 3.05) is 6.54 Å². The molecular weight excluding hydrogens is 309 g/mol. The lowest BCUT2D eigenvalue weighted by molar-refractivity contribution is 0.503. The fraction of sp³-hybridized carbons (Fsp3) is 0.357. The molecule has 102 valence electrons.